The van der Waals surface area contributed by atoms with Crippen molar-refractivity contribution >= 4 is 23.2 Å². The molecule has 3 rings (SSSR count). The SMILES string of the molecule is CC(C)(C)c1ccc(CCC(=O)Nc2ccc3c(c2)NC(=O)CC3)cn1. The number of pyridine rings is 1. The van der Waals surface area contributed by atoms with Crippen molar-refractivity contribution in [3.05, 3.63) is 53.3 Å². The Bertz CT molecular complexity index is 820. The van der Waals surface area contributed by atoms with E-state index in [1.54, 1.807) is 0 Å². The maximum absolute atomic E-state index is 12.2. The van der Waals surface area contributed by atoms with E-state index in [0.29, 0.717) is 24.9 Å². The summed E-state index contributed by atoms with van der Waals surface area (Å²) in [6.45, 7) is 6.39. The van der Waals surface area contributed by atoms with Crippen LogP contribution in [0.5, 0.6) is 0 Å². The lowest BCUT2D eigenvalue weighted by molar-refractivity contribution is -0.117. The summed E-state index contributed by atoms with van der Waals surface area (Å²) in [5, 5.41) is 5.75. The topological polar surface area (TPSA) is 71.1 Å². The lowest BCUT2D eigenvalue weighted by Crippen LogP contribution is -2.19. The molecule has 0 radical (unpaired) electrons. The molecule has 0 bridgehead atoms. The standard InChI is InChI=1S/C21H25N3O2/c1-21(2,3)18-9-4-14(13-22-18)5-10-19(25)23-16-8-6-15-7-11-20(26)24-17(15)12-16/h4,6,8-9,12-13H,5,7,10-11H2,1-3H3,(H,23,25)(H,24,26). The van der Waals surface area contributed by atoms with Gasteiger partial charge in [0.15, 0.2) is 0 Å². The van der Waals surface area contributed by atoms with Crippen LogP contribution in [-0.2, 0) is 27.8 Å². The zero-order chi connectivity index (χ0) is 18.7. The van der Waals surface area contributed by atoms with Crippen molar-refractivity contribution in [1.29, 1.82) is 0 Å². The number of carbonyl (C=O) groups excluding carboxylic acids is 2. The average Bonchev–Trinajstić information content (AvgIpc) is 2.59. The van der Waals surface area contributed by atoms with Crippen molar-refractivity contribution in [2.75, 3.05) is 10.6 Å². The molecule has 0 spiro atoms. The first kappa shape index (κ1) is 18.1. The molecule has 0 fully saturated rings. The summed E-state index contributed by atoms with van der Waals surface area (Å²) >= 11 is 0. The number of anilines is 2. The highest BCUT2D eigenvalue weighted by molar-refractivity contribution is 5.96. The second kappa shape index (κ2) is 7.28. The number of hydrogen-bond donors (Lipinski definition) is 2. The van der Waals surface area contributed by atoms with E-state index in [-0.39, 0.29) is 17.2 Å². The second-order valence-corrected chi connectivity index (χ2v) is 7.77. The number of amides is 2. The molecule has 1 aromatic carbocycles. The highest BCUT2D eigenvalue weighted by Crippen LogP contribution is 2.26. The van der Waals surface area contributed by atoms with Crippen LogP contribution >= 0.6 is 0 Å². The van der Waals surface area contributed by atoms with E-state index < -0.39 is 0 Å². The summed E-state index contributed by atoms with van der Waals surface area (Å²) in [6.07, 6.45) is 4.14. The Hall–Kier alpha value is -2.69. The van der Waals surface area contributed by atoms with Gasteiger partial charge in [-0.15, -0.1) is 0 Å². The second-order valence-electron chi connectivity index (χ2n) is 7.77. The Morgan fingerprint density at radius 1 is 1.19 bits per heavy atom. The molecule has 0 atom stereocenters. The molecule has 0 aliphatic carbocycles. The van der Waals surface area contributed by atoms with E-state index in [2.05, 4.69) is 36.4 Å². The molecule has 2 amide bonds. The first-order valence-corrected chi connectivity index (χ1v) is 8.99. The molecule has 26 heavy (non-hydrogen) atoms. The monoisotopic (exact) mass is 351 g/mol. The summed E-state index contributed by atoms with van der Waals surface area (Å²) in [5.74, 6) is -0.0286. The zero-order valence-electron chi connectivity index (χ0n) is 15.6. The molecule has 5 nitrogen and oxygen atoms in total. The number of rotatable bonds is 4. The van der Waals surface area contributed by atoms with E-state index in [4.69, 9.17) is 0 Å². The summed E-state index contributed by atoms with van der Waals surface area (Å²) in [7, 11) is 0. The van der Waals surface area contributed by atoms with Gasteiger partial charge in [0.1, 0.15) is 0 Å². The fourth-order valence-corrected chi connectivity index (χ4v) is 2.95. The summed E-state index contributed by atoms with van der Waals surface area (Å²) in [4.78, 5) is 28.2. The van der Waals surface area contributed by atoms with E-state index in [9.17, 15) is 9.59 Å². The number of hydrogen-bond acceptors (Lipinski definition) is 3. The van der Waals surface area contributed by atoms with Crippen molar-refractivity contribution in [2.24, 2.45) is 0 Å². The minimum absolute atomic E-state index is 0.0205. The minimum Gasteiger partial charge on any atom is -0.326 e. The van der Waals surface area contributed by atoms with Gasteiger partial charge in [0.05, 0.1) is 0 Å². The molecule has 1 aliphatic rings. The molecule has 2 heterocycles. The van der Waals surface area contributed by atoms with Crippen LogP contribution in [0.25, 0.3) is 0 Å². The number of nitrogens with zero attached hydrogens (tertiary/aromatic N) is 1. The molecule has 0 unspecified atom stereocenters. The Morgan fingerprint density at radius 2 is 2.00 bits per heavy atom. The Morgan fingerprint density at radius 3 is 2.69 bits per heavy atom. The maximum atomic E-state index is 12.2. The first-order chi connectivity index (χ1) is 12.3. The summed E-state index contributed by atoms with van der Waals surface area (Å²) in [6, 6.07) is 9.73. The predicted octanol–water partition coefficient (Wildman–Crippen LogP) is 3.84. The van der Waals surface area contributed by atoms with Gasteiger partial charge in [-0.1, -0.05) is 32.9 Å². The molecular weight excluding hydrogens is 326 g/mol. The van der Waals surface area contributed by atoms with E-state index in [0.717, 1.165) is 28.9 Å². The van der Waals surface area contributed by atoms with Gasteiger partial charge in [-0.3, -0.25) is 14.6 Å². The van der Waals surface area contributed by atoms with Crippen LogP contribution in [0.2, 0.25) is 0 Å². The van der Waals surface area contributed by atoms with Gasteiger partial charge in [0.25, 0.3) is 0 Å². The molecule has 1 aliphatic heterocycles. The van der Waals surface area contributed by atoms with Crippen molar-refractivity contribution in [3.8, 4) is 0 Å². The third-order valence-electron chi connectivity index (χ3n) is 4.52. The van der Waals surface area contributed by atoms with E-state index in [1.807, 2.05) is 36.5 Å². The molecule has 2 aromatic rings. The number of aryl methyl sites for hydroxylation is 2. The number of benzene rings is 1. The van der Waals surface area contributed by atoms with Crippen LogP contribution in [0.1, 0.15) is 50.4 Å². The summed E-state index contributed by atoms with van der Waals surface area (Å²) < 4.78 is 0. The molecule has 136 valence electrons. The Balaban J connectivity index is 1.56. The molecule has 5 heteroatoms. The lowest BCUT2D eigenvalue weighted by Gasteiger charge is -2.18. The number of carbonyl (C=O) groups is 2. The third kappa shape index (κ3) is 4.48. The van der Waals surface area contributed by atoms with Crippen molar-refractivity contribution < 1.29 is 9.59 Å². The normalized spacial score (nSPS) is 13.7. The average molecular weight is 351 g/mol. The molecule has 1 aromatic heterocycles. The van der Waals surface area contributed by atoms with Gasteiger partial charge in [-0.05, 0) is 42.2 Å². The number of aromatic nitrogens is 1. The molecular formula is C21H25N3O2. The third-order valence-corrected chi connectivity index (χ3v) is 4.52. The lowest BCUT2D eigenvalue weighted by atomic mass is 9.91. The minimum atomic E-state index is -0.0491. The van der Waals surface area contributed by atoms with Crippen LogP contribution in [0, 0.1) is 0 Å². The van der Waals surface area contributed by atoms with Crippen molar-refractivity contribution in [3.63, 3.8) is 0 Å². The van der Waals surface area contributed by atoms with Crippen LogP contribution in [0.3, 0.4) is 0 Å². The van der Waals surface area contributed by atoms with Gasteiger partial charge in [0, 0.05) is 41.5 Å². The van der Waals surface area contributed by atoms with Crippen LogP contribution in [-0.4, -0.2) is 16.8 Å². The van der Waals surface area contributed by atoms with Gasteiger partial charge in [0.2, 0.25) is 11.8 Å². The smallest absolute Gasteiger partial charge is 0.224 e. The van der Waals surface area contributed by atoms with E-state index >= 15 is 0 Å². The fraction of sp³-hybridized carbons (Fsp3) is 0.381. The molecule has 0 saturated carbocycles. The number of fused-ring (bicyclic) bond motifs is 1. The summed E-state index contributed by atoms with van der Waals surface area (Å²) in [5.41, 5.74) is 4.72. The predicted molar refractivity (Wildman–Crippen MR) is 103 cm³/mol. The molecule has 0 saturated heterocycles. The van der Waals surface area contributed by atoms with Gasteiger partial charge >= 0.3 is 0 Å². The van der Waals surface area contributed by atoms with Crippen LogP contribution < -0.4 is 10.6 Å². The fourth-order valence-electron chi connectivity index (χ4n) is 2.95. The Kier molecular flexibility index (Phi) is 5.07. The van der Waals surface area contributed by atoms with E-state index in [1.165, 1.54) is 0 Å². The van der Waals surface area contributed by atoms with Crippen LogP contribution in [0.15, 0.2) is 36.5 Å². The Labute approximate surface area is 154 Å². The highest BCUT2D eigenvalue weighted by atomic mass is 16.2. The zero-order valence-corrected chi connectivity index (χ0v) is 15.6. The quantitative estimate of drug-likeness (QED) is 0.879. The largest absolute Gasteiger partial charge is 0.326 e. The van der Waals surface area contributed by atoms with Crippen molar-refractivity contribution in [2.45, 2.75) is 51.9 Å². The van der Waals surface area contributed by atoms with Gasteiger partial charge < -0.3 is 10.6 Å². The van der Waals surface area contributed by atoms with Gasteiger partial charge in [-0.25, -0.2) is 0 Å². The number of nitrogens with one attached hydrogen (secondary N) is 2. The van der Waals surface area contributed by atoms with Crippen molar-refractivity contribution in [1.82, 2.24) is 4.98 Å². The highest BCUT2D eigenvalue weighted by Gasteiger charge is 2.16. The first-order valence-electron chi connectivity index (χ1n) is 8.99. The maximum Gasteiger partial charge on any atom is 0.224 e. The van der Waals surface area contributed by atoms with Crippen LogP contribution in [0.4, 0.5) is 11.4 Å². The molecule has 2 N–H and O–H groups in total. The van der Waals surface area contributed by atoms with Gasteiger partial charge in [-0.2, -0.15) is 0 Å².